The number of rotatable bonds is 5. The number of aromatic nitrogens is 1. The van der Waals surface area contributed by atoms with Crippen molar-refractivity contribution >= 4 is 5.91 Å². The maximum absolute atomic E-state index is 12.7. The molecule has 2 rings (SSSR count). The maximum Gasteiger partial charge on any atom is 0.416 e. The highest BCUT2D eigenvalue weighted by Gasteiger charge is 2.30. The molecule has 0 fully saturated rings. The first-order chi connectivity index (χ1) is 11.2. The molecule has 130 valence electrons. The van der Waals surface area contributed by atoms with Crippen LogP contribution in [0.5, 0.6) is 0 Å². The zero-order valence-electron chi connectivity index (χ0n) is 13.2. The van der Waals surface area contributed by atoms with E-state index in [4.69, 9.17) is 10.2 Å². The third kappa shape index (κ3) is 4.35. The summed E-state index contributed by atoms with van der Waals surface area (Å²) in [6.07, 6.45) is -3.24. The van der Waals surface area contributed by atoms with Crippen LogP contribution in [0.3, 0.4) is 0 Å². The van der Waals surface area contributed by atoms with E-state index in [1.54, 1.807) is 0 Å². The number of nitrogens with two attached hydrogens (primary N) is 1. The fourth-order valence-electron chi connectivity index (χ4n) is 1.96. The maximum atomic E-state index is 12.7. The van der Waals surface area contributed by atoms with Gasteiger partial charge >= 0.3 is 6.18 Å². The predicted molar refractivity (Wildman–Crippen MR) is 80.9 cm³/mol. The Bertz CT molecular complexity index is 711. The molecule has 24 heavy (non-hydrogen) atoms. The van der Waals surface area contributed by atoms with Gasteiger partial charge in [0.1, 0.15) is 6.26 Å². The number of alkyl halides is 3. The van der Waals surface area contributed by atoms with Crippen LogP contribution in [0.2, 0.25) is 0 Å². The van der Waals surface area contributed by atoms with Gasteiger partial charge in [-0.2, -0.15) is 13.2 Å². The van der Waals surface area contributed by atoms with Crippen LogP contribution >= 0.6 is 0 Å². The third-order valence-electron chi connectivity index (χ3n) is 3.47. The minimum atomic E-state index is -4.42. The number of halogens is 3. The second kappa shape index (κ2) is 7.04. The summed E-state index contributed by atoms with van der Waals surface area (Å²) in [4.78, 5) is 16.0. The molecule has 1 unspecified atom stereocenters. The molecule has 8 heteroatoms. The van der Waals surface area contributed by atoms with E-state index in [0.29, 0.717) is 5.56 Å². The van der Waals surface area contributed by atoms with Gasteiger partial charge in [0, 0.05) is 6.54 Å². The van der Waals surface area contributed by atoms with E-state index < -0.39 is 23.7 Å². The van der Waals surface area contributed by atoms with E-state index in [-0.39, 0.29) is 24.0 Å². The van der Waals surface area contributed by atoms with Crippen LogP contribution in [0.25, 0.3) is 0 Å². The highest BCUT2D eigenvalue weighted by molar-refractivity contribution is 5.91. The zero-order valence-corrected chi connectivity index (χ0v) is 13.2. The van der Waals surface area contributed by atoms with E-state index in [1.807, 2.05) is 13.8 Å². The zero-order chi connectivity index (χ0) is 17.9. The molecule has 0 saturated carbocycles. The van der Waals surface area contributed by atoms with Crippen LogP contribution in [0.4, 0.5) is 13.2 Å². The quantitative estimate of drug-likeness (QED) is 0.874. The largest absolute Gasteiger partial charge is 0.446 e. The molecule has 1 aromatic heterocycles. The summed E-state index contributed by atoms with van der Waals surface area (Å²) in [6.45, 7) is 3.73. The number of oxazole rings is 1. The van der Waals surface area contributed by atoms with E-state index in [9.17, 15) is 18.0 Å². The predicted octanol–water partition coefficient (Wildman–Crippen LogP) is 3.28. The van der Waals surface area contributed by atoms with Gasteiger partial charge in [-0.15, -0.1) is 0 Å². The van der Waals surface area contributed by atoms with Crippen molar-refractivity contribution in [2.24, 2.45) is 11.7 Å². The van der Waals surface area contributed by atoms with Gasteiger partial charge < -0.3 is 15.5 Å². The van der Waals surface area contributed by atoms with Crippen LogP contribution in [0.15, 0.2) is 34.9 Å². The normalized spacial score (nSPS) is 13.1. The van der Waals surface area contributed by atoms with Gasteiger partial charge in [0.2, 0.25) is 5.89 Å². The molecular weight excluding hydrogens is 323 g/mol. The van der Waals surface area contributed by atoms with Crippen LogP contribution in [-0.4, -0.2) is 10.9 Å². The van der Waals surface area contributed by atoms with Gasteiger partial charge in [0.05, 0.1) is 11.6 Å². The number of amides is 1. The first-order valence-corrected chi connectivity index (χ1v) is 7.34. The molecule has 0 aliphatic carbocycles. The van der Waals surface area contributed by atoms with Gasteiger partial charge in [0.15, 0.2) is 5.69 Å². The van der Waals surface area contributed by atoms with Crippen molar-refractivity contribution in [3.8, 4) is 0 Å². The highest BCUT2D eigenvalue weighted by atomic mass is 19.4. The average molecular weight is 341 g/mol. The lowest BCUT2D eigenvalue weighted by Crippen LogP contribution is -2.24. The summed E-state index contributed by atoms with van der Waals surface area (Å²) < 4.78 is 43.1. The summed E-state index contributed by atoms with van der Waals surface area (Å²) in [7, 11) is 0. The molecular formula is C16H18F3N3O2. The number of carbonyl (C=O) groups excluding carboxylic acids is 1. The topological polar surface area (TPSA) is 81.1 Å². The third-order valence-corrected chi connectivity index (χ3v) is 3.47. The Morgan fingerprint density at radius 3 is 2.71 bits per heavy atom. The van der Waals surface area contributed by atoms with Crippen molar-refractivity contribution < 1.29 is 22.4 Å². The van der Waals surface area contributed by atoms with Crippen molar-refractivity contribution in [2.45, 2.75) is 32.6 Å². The van der Waals surface area contributed by atoms with Crippen molar-refractivity contribution in [2.75, 3.05) is 0 Å². The molecule has 0 spiro atoms. The number of hydrogen-bond donors (Lipinski definition) is 2. The highest BCUT2D eigenvalue weighted by Crippen LogP contribution is 2.29. The Morgan fingerprint density at radius 2 is 2.08 bits per heavy atom. The molecule has 5 nitrogen and oxygen atoms in total. The Morgan fingerprint density at radius 1 is 1.38 bits per heavy atom. The molecule has 3 N–H and O–H groups in total. The first kappa shape index (κ1) is 18.0. The fraction of sp³-hybridized carbons (Fsp3) is 0.375. The fourth-order valence-corrected chi connectivity index (χ4v) is 1.96. The summed E-state index contributed by atoms with van der Waals surface area (Å²) in [5.41, 5.74) is 5.49. The van der Waals surface area contributed by atoms with Crippen molar-refractivity contribution in [3.05, 3.63) is 53.2 Å². The van der Waals surface area contributed by atoms with Crippen LogP contribution < -0.4 is 11.1 Å². The van der Waals surface area contributed by atoms with Crippen LogP contribution in [0.1, 0.15) is 47.4 Å². The number of hydrogen-bond acceptors (Lipinski definition) is 4. The summed E-state index contributed by atoms with van der Waals surface area (Å²) >= 11 is 0. The van der Waals surface area contributed by atoms with E-state index in [2.05, 4.69) is 10.3 Å². The van der Waals surface area contributed by atoms with Gasteiger partial charge in [0.25, 0.3) is 5.91 Å². The van der Waals surface area contributed by atoms with Crippen LogP contribution in [0, 0.1) is 5.92 Å². The van der Waals surface area contributed by atoms with E-state index >= 15 is 0 Å². The molecule has 0 radical (unpaired) electrons. The van der Waals surface area contributed by atoms with Crippen molar-refractivity contribution in [1.29, 1.82) is 0 Å². The van der Waals surface area contributed by atoms with Gasteiger partial charge in [-0.25, -0.2) is 4.98 Å². The van der Waals surface area contributed by atoms with Gasteiger partial charge in [-0.3, -0.25) is 4.79 Å². The second-order valence-corrected chi connectivity index (χ2v) is 5.72. The molecule has 1 amide bonds. The molecule has 1 aromatic carbocycles. The SMILES string of the molecule is CC(C)C(N)c1nc(C(=O)NCc2cccc(C(F)(F)F)c2)co1. The van der Waals surface area contributed by atoms with E-state index in [1.165, 1.54) is 18.4 Å². The average Bonchev–Trinajstić information content (AvgIpc) is 3.01. The number of benzene rings is 1. The molecule has 2 aromatic rings. The molecule has 0 saturated heterocycles. The smallest absolute Gasteiger partial charge is 0.416 e. The number of nitrogens with zero attached hydrogens (tertiary/aromatic N) is 1. The molecule has 0 aliphatic rings. The summed E-state index contributed by atoms with van der Waals surface area (Å²) in [5.74, 6) is -0.211. The standard InChI is InChI=1S/C16H18F3N3O2/c1-9(2)13(20)15-22-12(8-24-15)14(23)21-7-10-4-3-5-11(6-10)16(17,18)19/h3-6,8-9,13H,7,20H2,1-2H3,(H,21,23). The molecule has 0 aliphatic heterocycles. The summed E-state index contributed by atoms with van der Waals surface area (Å²) in [5, 5.41) is 2.51. The lowest BCUT2D eigenvalue weighted by molar-refractivity contribution is -0.137. The Labute approximate surface area is 137 Å². The van der Waals surface area contributed by atoms with Gasteiger partial charge in [-0.1, -0.05) is 26.0 Å². The number of carbonyl (C=O) groups is 1. The summed E-state index contributed by atoms with van der Waals surface area (Å²) in [6, 6.07) is 4.32. The first-order valence-electron chi connectivity index (χ1n) is 7.34. The lowest BCUT2D eigenvalue weighted by atomic mass is 10.1. The van der Waals surface area contributed by atoms with E-state index in [0.717, 1.165) is 12.1 Å². The van der Waals surface area contributed by atoms with Gasteiger partial charge in [-0.05, 0) is 23.6 Å². The Kier molecular flexibility index (Phi) is 5.28. The van der Waals surface area contributed by atoms with Crippen LogP contribution in [-0.2, 0) is 12.7 Å². The Hall–Kier alpha value is -2.35. The minimum absolute atomic E-state index is 0.0353. The number of nitrogens with one attached hydrogen (secondary N) is 1. The molecule has 1 heterocycles. The minimum Gasteiger partial charge on any atom is -0.446 e. The monoisotopic (exact) mass is 341 g/mol. The molecule has 1 atom stereocenters. The lowest BCUT2D eigenvalue weighted by Gasteiger charge is -2.10. The second-order valence-electron chi connectivity index (χ2n) is 5.72. The Balaban J connectivity index is 2.01. The molecule has 0 bridgehead atoms. The van der Waals surface area contributed by atoms with Crippen molar-refractivity contribution in [1.82, 2.24) is 10.3 Å². The van der Waals surface area contributed by atoms with Crippen molar-refractivity contribution in [3.63, 3.8) is 0 Å².